The third-order valence-electron chi connectivity index (χ3n) is 3.25. The SMILES string of the molecule is CC(N)CN(C)c1ncc(C2CCOCC2)cn1. The van der Waals surface area contributed by atoms with Gasteiger partial charge in [-0.1, -0.05) is 0 Å². The Morgan fingerprint density at radius 2 is 2.00 bits per heavy atom. The number of hydrogen-bond donors (Lipinski definition) is 1. The first-order valence-electron chi connectivity index (χ1n) is 6.53. The van der Waals surface area contributed by atoms with Crippen LogP contribution >= 0.6 is 0 Å². The summed E-state index contributed by atoms with van der Waals surface area (Å²) >= 11 is 0. The van der Waals surface area contributed by atoms with Crippen LogP contribution in [0.5, 0.6) is 0 Å². The Balaban J connectivity index is 2.00. The van der Waals surface area contributed by atoms with Crippen LogP contribution in [0.25, 0.3) is 0 Å². The first kappa shape index (κ1) is 13.2. The molecule has 1 aliphatic heterocycles. The smallest absolute Gasteiger partial charge is 0.225 e. The molecule has 18 heavy (non-hydrogen) atoms. The fourth-order valence-electron chi connectivity index (χ4n) is 2.28. The van der Waals surface area contributed by atoms with Crippen LogP contribution in [-0.2, 0) is 4.74 Å². The number of likely N-dealkylation sites (N-methyl/N-ethyl adjacent to an activating group) is 1. The van der Waals surface area contributed by atoms with Gasteiger partial charge in [-0.15, -0.1) is 0 Å². The molecule has 5 nitrogen and oxygen atoms in total. The molecular weight excluding hydrogens is 228 g/mol. The van der Waals surface area contributed by atoms with Gasteiger partial charge < -0.3 is 15.4 Å². The van der Waals surface area contributed by atoms with E-state index >= 15 is 0 Å². The molecule has 5 heteroatoms. The second-order valence-electron chi connectivity index (χ2n) is 5.06. The molecule has 2 rings (SSSR count). The molecule has 2 heterocycles. The van der Waals surface area contributed by atoms with Crippen molar-refractivity contribution in [1.29, 1.82) is 0 Å². The van der Waals surface area contributed by atoms with E-state index in [1.54, 1.807) is 0 Å². The first-order chi connectivity index (χ1) is 8.66. The summed E-state index contributed by atoms with van der Waals surface area (Å²) in [7, 11) is 1.97. The molecular formula is C13H22N4O. The van der Waals surface area contributed by atoms with Crippen LogP contribution in [0.4, 0.5) is 5.95 Å². The zero-order valence-electron chi connectivity index (χ0n) is 11.2. The minimum absolute atomic E-state index is 0.119. The molecule has 0 aliphatic carbocycles. The Hall–Kier alpha value is -1.20. The van der Waals surface area contributed by atoms with E-state index in [0.29, 0.717) is 5.92 Å². The summed E-state index contributed by atoms with van der Waals surface area (Å²) in [6.07, 6.45) is 6.02. The Kier molecular flexibility index (Phi) is 4.49. The second-order valence-corrected chi connectivity index (χ2v) is 5.06. The molecule has 0 saturated carbocycles. The Morgan fingerprint density at radius 3 is 2.56 bits per heavy atom. The van der Waals surface area contributed by atoms with Crippen LogP contribution in [-0.4, -0.2) is 42.8 Å². The molecule has 1 atom stereocenters. The van der Waals surface area contributed by atoms with Crippen molar-refractivity contribution in [2.45, 2.75) is 31.7 Å². The first-order valence-corrected chi connectivity index (χ1v) is 6.53. The van der Waals surface area contributed by atoms with Gasteiger partial charge in [-0.2, -0.15) is 0 Å². The molecule has 1 aromatic heterocycles. The van der Waals surface area contributed by atoms with Crippen molar-refractivity contribution in [3.63, 3.8) is 0 Å². The summed E-state index contributed by atoms with van der Waals surface area (Å²) in [4.78, 5) is 10.8. The fourth-order valence-corrected chi connectivity index (χ4v) is 2.28. The molecule has 0 amide bonds. The average molecular weight is 250 g/mol. The highest BCUT2D eigenvalue weighted by Gasteiger charge is 2.17. The molecule has 0 radical (unpaired) electrons. The van der Waals surface area contributed by atoms with Crippen LogP contribution in [0.2, 0.25) is 0 Å². The Bertz CT molecular complexity index is 360. The highest BCUT2D eigenvalue weighted by Crippen LogP contribution is 2.26. The maximum Gasteiger partial charge on any atom is 0.225 e. The maximum absolute atomic E-state index is 5.77. The van der Waals surface area contributed by atoms with Crippen LogP contribution < -0.4 is 10.6 Å². The van der Waals surface area contributed by atoms with E-state index < -0.39 is 0 Å². The number of rotatable bonds is 4. The van der Waals surface area contributed by atoms with E-state index in [4.69, 9.17) is 10.5 Å². The summed E-state index contributed by atoms with van der Waals surface area (Å²) in [5.41, 5.74) is 6.99. The summed E-state index contributed by atoms with van der Waals surface area (Å²) in [6, 6.07) is 0.119. The van der Waals surface area contributed by atoms with Crippen LogP contribution in [0, 0.1) is 0 Å². The van der Waals surface area contributed by atoms with Crippen molar-refractivity contribution in [3.8, 4) is 0 Å². The zero-order valence-corrected chi connectivity index (χ0v) is 11.2. The number of nitrogens with two attached hydrogens (primary N) is 1. The van der Waals surface area contributed by atoms with Gasteiger partial charge in [0, 0.05) is 45.2 Å². The second kappa shape index (κ2) is 6.11. The maximum atomic E-state index is 5.77. The summed E-state index contributed by atoms with van der Waals surface area (Å²) < 4.78 is 5.36. The van der Waals surface area contributed by atoms with Crippen molar-refractivity contribution < 1.29 is 4.74 Å². The van der Waals surface area contributed by atoms with Gasteiger partial charge in [0.2, 0.25) is 5.95 Å². The van der Waals surface area contributed by atoms with Crippen molar-refractivity contribution in [2.24, 2.45) is 5.73 Å². The topological polar surface area (TPSA) is 64.3 Å². The lowest BCUT2D eigenvalue weighted by Crippen LogP contribution is -2.33. The molecule has 1 aliphatic rings. The largest absolute Gasteiger partial charge is 0.381 e. The van der Waals surface area contributed by atoms with Crippen LogP contribution in [0.1, 0.15) is 31.2 Å². The van der Waals surface area contributed by atoms with Gasteiger partial charge in [-0.3, -0.25) is 0 Å². The Morgan fingerprint density at radius 1 is 1.39 bits per heavy atom. The van der Waals surface area contributed by atoms with Crippen molar-refractivity contribution in [2.75, 3.05) is 31.7 Å². The van der Waals surface area contributed by atoms with E-state index in [9.17, 15) is 0 Å². The molecule has 0 aromatic carbocycles. The monoisotopic (exact) mass is 250 g/mol. The number of ether oxygens (including phenoxy) is 1. The minimum Gasteiger partial charge on any atom is -0.381 e. The number of nitrogens with zero attached hydrogens (tertiary/aromatic N) is 3. The third-order valence-corrected chi connectivity index (χ3v) is 3.25. The average Bonchev–Trinajstić information content (AvgIpc) is 2.39. The van der Waals surface area contributed by atoms with E-state index in [1.165, 1.54) is 5.56 Å². The number of hydrogen-bond acceptors (Lipinski definition) is 5. The van der Waals surface area contributed by atoms with Gasteiger partial charge in [-0.25, -0.2) is 9.97 Å². The van der Waals surface area contributed by atoms with E-state index in [-0.39, 0.29) is 6.04 Å². The van der Waals surface area contributed by atoms with Gasteiger partial charge >= 0.3 is 0 Å². The van der Waals surface area contributed by atoms with Gasteiger partial charge in [0.25, 0.3) is 0 Å². The lowest BCUT2D eigenvalue weighted by Gasteiger charge is -2.23. The summed E-state index contributed by atoms with van der Waals surface area (Å²) in [6.45, 7) is 4.43. The highest BCUT2D eigenvalue weighted by molar-refractivity contribution is 5.29. The zero-order chi connectivity index (χ0) is 13.0. The standard InChI is InChI=1S/C13H22N4O/c1-10(14)9-17(2)13-15-7-12(8-16-13)11-3-5-18-6-4-11/h7-8,10-11H,3-6,9,14H2,1-2H3. The molecule has 1 fully saturated rings. The molecule has 1 unspecified atom stereocenters. The molecule has 0 spiro atoms. The minimum atomic E-state index is 0.119. The molecule has 0 bridgehead atoms. The predicted octanol–water partition coefficient (Wildman–Crippen LogP) is 1.15. The van der Waals surface area contributed by atoms with Crippen LogP contribution in [0.3, 0.4) is 0 Å². The third kappa shape index (κ3) is 3.40. The molecule has 2 N–H and O–H groups in total. The van der Waals surface area contributed by atoms with Crippen LogP contribution in [0.15, 0.2) is 12.4 Å². The van der Waals surface area contributed by atoms with Gasteiger partial charge in [0.1, 0.15) is 0 Å². The van der Waals surface area contributed by atoms with Crippen molar-refractivity contribution >= 4 is 5.95 Å². The Labute approximate surface area is 108 Å². The number of aromatic nitrogens is 2. The van der Waals surface area contributed by atoms with Crippen molar-refractivity contribution in [3.05, 3.63) is 18.0 Å². The van der Waals surface area contributed by atoms with E-state index in [0.717, 1.165) is 38.5 Å². The molecule has 1 saturated heterocycles. The lowest BCUT2D eigenvalue weighted by atomic mass is 9.94. The predicted molar refractivity (Wildman–Crippen MR) is 71.7 cm³/mol. The van der Waals surface area contributed by atoms with Gasteiger partial charge in [-0.05, 0) is 31.2 Å². The fraction of sp³-hybridized carbons (Fsp3) is 0.692. The van der Waals surface area contributed by atoms with E-state index in [2.05, 4.69) is 9.97 Å². The summed E-state index contributed by atoms with van der Waals surface area (Å²) in [5, 5.41) is 0. The lowest BCUT2D eigenvalue weighted by molar-refractivity contribution is 0.0852. The van der Waals surface area contributed by atoms with E-state index in [1.807, 2.05) is 31.3 Å². The van der Waals surface area contributed by atoms with Crippen molar-refractivity contribution in [1.82, 2.24) is 9.97 Å². The summed E-state index contributed by atoms with van der Waals surface area (Å²) in [5.74, 6) is 1.29. The van der Waals surface area contributed by atoms with Gasteiger partial charge in [0.05, 0.1) is 0 Å². The normalized spacial score (nSPS) is 18.6. The highest BCUT2D eigenvalue weighted by atomic mass is 16.5. The molecule has 100 valence electrons. The van der Waals surface area contributed by atoms with Gasteiger partial charge in [0.15, 0.2) is 0 Å². The quantitative estimate of drug-likeness (QED) is 0.868. The number of anilines is 1. The molecule has 1 aromatic rings.